The monoisotopic (exact) mass is 325 g/mol. The maximum atomic E-state index is 6.40. The molecule has 2 aromatic carbocycles. The second kappa shape index (κ2) is 6.57. The quantitative estimate of drug-likeness (QED) is 0.776. The second-order valence-electron chi connectivity index (χ2n) is 5.74. The van der Waals surface area contributed by atoms with Gasteiger partial charge in [0.1, 0.15) is 0 Å². The number of halogens is 1. The van der Waals surface area contributed by atoms with Crippen LogP contribution >= 0.6 is 11.6 Å². The first kappa shape index (κ1) is 15.8. The number of nitrogens with two attached hydrogens (primary N) is 1. The molecule has 0 saturated carbocycles. The van der Waals surface area contributed by atoms with Crippen molar-refractivity contribution in [1.29, 1.82) is 0 Å². The van der Waals surface area contributed by atoms with E-state index in [1.54, 1.807) is 0 Å². The fourth-order valence-corrected chi connectivity index (χ4v) is 3.02. The van der Waals surface area contributed by atoms with Crippen molar-refractivity contribution in [2.75, 3.05) is 6.54 Å². The standard InChI is InChI=1S/C19H20ClN3/c1-13-7-8-18(14(2)11-13)23-19(12-15(22-23)9-10-21)16-5-3-4-6-17(16)20/h3-8,11-12H,9-10,21H2,1-2H3. The van der Waals surface area contributed by atoms with E-state index in [0.717, 1.165) is 34.1 Å². The Hall–Kier alpha value is -2.10. The van der Waals surface area contributed by atoms with Crippen LogP contribution in [-0.2, 0) is 6.42 Å². The van der Waals surface area contributed by atoms with Crippen molar-refractivity contribution in [3.05, 3.63) is 70.4 Å². The molecule has 0 amide bonds. The predicted molar refractivity (Wildman–Crippen MR) is 96.2 cm³/mol. The molecule has 3 rings (SSSR count). The zero-order chi connectivity index (χ0) is 16.4. The van der Waals surface area contributed by atoms with Crippen LogP contribution in [-0.4, -0.2) is 16.3 Å². The van der Waals surface area contributed by atoms with Gasteiger partial charge >= 0.3 is 0 Å². The number of benzene rings is 2. The van der Waals surface area contributed by atoms with E-state index >= 15 is 0 Å². The highest BCUT2D eigenvalue weighted by Gasteiger charge is 2.15. The molecular weight excluding hydrogens is 306 g/mol. The summed E-state index contributed by atoms with van der Waals surface area (Å²) in [6, 6.07) is 16.3. The van der Waals surface area contributed by atoms with Gasteiger partial charge in [0.05, 0.1) is 17.1 Å². The van der Waals surface area contributed by atoms with Crippen molar-refractivity contribution in [1.82, 2.24) is 9.78 Å². The maximum Gasteiger partial charge on any atom is 0.0758 e. The summed E-state index contributed by atoms with van der Waals surface area (Å²) in [5.41, 5.74) is 12.1. The molecule has 0 unspecified atom stereocenters. The smallest absolute Gasteiger partial charge is 0.0758 e. The Morgan fingerprint density at radius 3 is 2.57 bits per heavy atom. The average molecular weight is 326 g/mol. The van der Waals surface area contributed by atoms with Crippen molar-refractivity contribution in [2.45, 2.75) is 20.3 Å². The van der Waals surface area contributed by atoms with Crippen molar-refractivity contribution in [3.63, 3.8) is 0 Å². The first-order valence-corrected chi connectivity index (χ1v) is 8.09. The molecule has 0 spiro atoms. The van der Waals surface area contributed by atoms with Crippen molar-refractivity contribution in [2.24, 2.45) is 5.73 Å². The Labute approximate surface area is 141 Å². The van der Waals surface area contributed by atoms with Gasteiger partial charge in [-0.05, 0) is 44.2 Å². The van der Waals surface area contributed by atoms with Gasteiger partial charge in [0.25, 0.3) is 0 Å². The minimum Gasteiger partial charge on any atom is -0.330 e. The summed E-state index contributed by atoms with van der Waals surface area (Å²) in [6.07, 6.45) is 0.745. The second-order valence-corrected chi connectivity index (χ2v) is 6.15. The summed E-state index contributed by atoms with van der Waals surface area (Å²) < 4.78 is 1.97. The van der Waals surface area contributed by atoms with E-state index in [0.29, 0.717) is 6.54 Å². The third-order valence-electron chi connectivity index (χ3n) is 3.89. The predicted octanol–water partition coefficient (Wildman–Crippen LogP) is 4.31. The summed E-state index contributed by atoms with van der Waals surface area (Å²) in [6.45, 7) is 4.77. The normalized spacial score (nSPS) is 11.0. The molecule has 0 aliphatic carbocycles. The molecule has 3 aromatic rings. The molecule has 0 atom stereocenters. The fraction of sp³-hybridized carbons (Fsp3) is 0.211. The molecule has 1 heterocycles. The summed E-state index contributed by atoms with van der Waals surface area (Å²) in [7, 11) is 0. The highest BCUT2D eigenvalue weighted by molar-refractivity contribution is 6.33. The lowest BCUT2D eigenvalue weighted by Gasteiger charge is -2.12. The SMILES string of the molecule is Cc1ccc(-n2nc(CCN)cc2-c2ccccc2Cl)c(C)c1. The maximum absolute atomic E-state index is 6.40. The molecule has 0 aliphatic rings. The molecule has 0 bridgehead atoms. The van der Waals surface area contributed by atoms with Crippen LogP contribution in [0.2, 0.25) is 5.02 Å². The zero-order valence-electron chi connectivity index (χ0n) is 13.4. The minimum absolute atomic E-state index is 0.575. The number of nitrogens with zero attached hydrogens (tertiary/aromatic N) is 2. The van der Waals surface area contributed by atoms with Gasteiger partial charge in [0.15, 0.2) is 0 Å². The highest BCUT2D eigenvalue weighted by Crippen LogP contribution is 2.31. The van der Waals surface area contributed by atoms with Crippen LogP contribution in [0.3, 0.4) is 0 Å². The minimum atomic E-state index is 0.575. The van der Waals surface area contributed by atoms with Gasteiger partial charge in [-0.15, -0.1) is 0 Å². The molecular formula is C19H20ClN3. The number of hydrogen-bond donors (Lipinski definition) is 1. The first-order chi connectivity index (χ1) is 11.1. The van der Waals surface area contributed by atoms with Gasteiger partial charge in [-0.2, -0.15) is 5.10 Å². The highest BCUT2D eigenvalue weighted by atomic mass is 35.5. The van der Waals surface area contributed by atoms with E-state index in [9.17, 15) is 0 Å². The van der Waals surface area contributed by atoms with Crippen LogP contribution in [0.1, 0.15) is 16.8 Å². The molecule has 2 N–H and O–H groups in total. The van der Waals surface area contributed by atoms with Crippen LogP contribution in [0.4, 0.5) is 0 Å². The lowest BCUT2D eigenvalue weighted by atomic mass is 10.1. The van der Waals surface area contributed by atoms with Gasteiger partial charge in [-0.1, -0.05) is 47.5 Å². The van der Waals surface area contributed by atoms with Crippen molar-refractivity contribution < 1.29 is 0 Å². The van der Waals surface area contributed by atoms with Crippen LogP contribution in [0.25, 0.3) is 16.9 Å². The van der Waals surface area contributed by atoms with Gasteiger partial charge < -0.3 is 5.73 Å². The van der Waals surface area contributed by atoms with Gasteiger partial charge in [0, 0.05) is 17.0 Å². The summed E-state index contributed by atoms with van der Waals surface area (Å²) in [5.74, 6) is 0. The molecule has 1 aromatic heterocycles. The van der Waals surface area contributed by atoms with Crippen molar-refractivity contribution in [3.8, 4) is 16.9 Å². The summed E-state index contributed by atoms with van der Waals surface area (Å²) in [5, 5.41) is 5.48. The van der Waals surface area contributed by atoms with E-state index in [1.807, 2.05) is 28.9 Å². The Morgan fingerprint density at radius 2 is 1.87 bits per heavy atom. The number of aryl methyl sites for hydroxylation is 2. The molecule has 4 heteroatoms. The topological polar surface area (TPSA) is 43.8 Å². The Morgan fingerprint density at radius 1 is 1.09 bits per heavy atom. The largest absolute Gasteiger partial charge is 0.330 e. The lowest BCUT2D eigenvalue weighted by Crippen LogP contribution is -2.05. The average Bonchev–Trinajstić information content (AvgIpc) is 2.91. The van der Waals surface area contributed by atoms with Gasteiger partial charge in [-0.3, -0.25) is 0 Å². The summed E-state index contributed by atoms with van der Waals surface area (Å²) >= 11 is 6.40. The van der Waals surface area contributed by atoms with E-state index < -0.39 is 0 Å². The third-order valence-corrected chi connectivity index (χ3v) is 4.22. The van der Waals surface area contributed by atoms with Crippen LogP contribution in [0.15, 0.2) is 48.5 Å². The van der Waals surface area contributed by atoms with E-state index in [4.69, 9.17) is 22.4 Å². The van der Waals surface area contributed by atoms with Gasteiger partial charge in [0.2, 0.25) is 0 Å². The van der Waals surface area contributed by atoms with E-state index in [-0.39, 0.29) is 0 Å². The third kappa shape index (κ3) is 3.16. The molecule has 0 fully saturated rings. The van der Waals surface area contributed by atoms with E-state index in [2.05, 4.69) is 38.1 Å². The van der Waals surface area contributed by atoms with Crippen LogP contribution in [0.5, 0.6) is 0 Å². The molecule has 118 valence electrons. The Balaban J connectivity index is 2.21. The van der Waals surface area contributed by atoms with Crippen LogP contribution < -0.4 is 5.73 Å². The molecule has 0 radical (unpaired) electrons. The molecule has 23 heavy (non-hydrogen) atoms. The number of hydrogen-bond acceptors (Lipinski definition) is 2. The van der Waals surface area contributed by atoms with E-state index in [1.165, 1.54) is 11.1 Å². The Bertz CT molecular complexity index is 836. The first-order valence-electron chi connectivity index (χ1n) is 7.71. The lowest BCUT2D eigenvalue weighted by molar-refractivity contribution is 0.821. The molecule has 0 aliphatic heterocycles. The van der Waals surface area contributed by atoms with Crippen LogP contribution in [0, 0.1) is 13.8 Å². The molecule has 3 nitrogen and oxygen atoms in total. The molecule has 0 saturated heterocycles. The number of aromatic nitrogens is 2. The van der Waals surface area contributed by atoms with Crippen molar-refractivity contribution >= 4 is 11.6 Å². The summed E-state index contributed by atoms with van der Waals surface area (Å²) in [4.78, 5) is 0. The van der Waals surface area contributed by atoms with Gasteiger partial charge in [-0.25, -0.2) is 4.68 Å². The zero-order valence-corrected chi connectivity index (χ0v) is 14.1. The number of rotatable bonds is 4. The Kier molecular flexibility index (Phi) is 4.51. The fourth-order valence-electron chi connectivity index (χ4n) is 2.79.